The fraction of sp³-hybridized carbons (Fsp3) is 0.615. The number of carbonyl (C=O) groups excluding carboxylic acids is 1. The maximum absolute atomic E-state index is 11.7. The normalized spacial score (nSPS) is 20.4. The van der Waals surface area contributed by atoms with Gasteiger partial charge in [-0.2, -0.15) is 0 Å². The fourth-order valence-electron chi connectivity index (χ4n) is 2.12. The first-order chi connectivity index (χ1) is 9.24. The standard InChI is InChI=1S/C13H20N2O4/c1-2-17-13(16)11-3-5-19-12(11)9-15-4-6-18-10(7-14)8-15/h3,5,10H,2,4,6-9,14H2,1H3. The molecule has 0 amide bonds. The van der Waals surface area contributed by atoms with Gasteiger partial charge >= 0.3 is 5.97 Å². The third-order valence-electron chi connectivity index (χ3n) is 3.09. The Kier molecular flexibility index (Phi) is 4.95. The Morgan fingerprint density at radius 2 is 2.47 bits per heavy atom. The second-order valence-corrected chi connectivity index (χ2v) is 4.44. The number of esters is 1. The van der Waals surface area contributed by atoms with Crippen LogP contribution >= 0.6 is 0 Å². The fourth-order valence-corrected chi connectivity index (χ4v) is 2.12. The molecule has 6 nitrogen and oxygen atoms in total. The van der Waals surface area contributed by atoms with Crippen molar-refractivity contribution in [2.75, 3.05) is 32.8 Å². The Labute approximate surface area is 112 Å². The van der Waals surface area contributed by atoms with Crippen LogP contribution in [0.3, 0.4) is 0 Å². The highest BCUT2D eigenvalue weighted by molar-refractivity contribution is 5.90. The van der Waals surface area contributed by atoms with Gasteiger partial charge in [-0.25, -0.2) is 4.79 Å². The van der Waals surface area contributed by atoms with Crippen molar-refractivity contribution in [2.24, 2.45) is 5.73 Å². The van der Waals surface area contributed by atoms with Crippen LogP contribution < -0.4 is 5.73 Å². The molecule has 1 unspecified atom stereocenters. The van der Waals surface area contributed by atoms with E-state index in [2.05, 4.69) is 4.90 Å². The van der Waals surface area contributed by atoms with E-state index in [9.17, 15) is 4.79 Å². The summed E-state index contributed by atoms with van der Waals surface area (Å²) in [5, 5.41) is 0. The zero-order valence-electron chi connectivity index (χ0n) is 11.1. The van der Waals surface area contributed by atoms with Crippen LogP contribution in [-0.2, 0) is 16.0 Å². The second kappa shape index (κ2) is 6.70. The number of hydrogen-bond acceptors (Lipinski definition) is 6. The molecule has 1 aromatic heterocycles. The summed E-state index contributed by atoms with van der Waals surface area (Å²) >= 11 is 0. The topological polar surface area (TPSA) is 77.9 Å². The van der Waals surface area contributed by atoms with E-state index >= 15 is 0 Å². The van der Waals surface area contributed by atoms with Crippen molar-refractivity contribution in [3.8, 4) is 0 Å². The summed E-state index contributed by atoms with van der Waals surface area (Å²) in [5.41, 5.74) is 6.11. The Balaban J connectivity index is 1.99. The third-order valence-corrected chi connectivity index (χ3v) is 3.09. The highest BCUT2D eigenvalue weighted by Gasteiger charge is 2.23. The molecule has 0 radical (unpaired) electrons. The summed E-state index contributed by atoms with van der Waals surface area (Å²) in [7, 11) is 0. The molecule has 0 aliphatic carbocycles. The van der Waals surface area contributed by atoms with Crippen LogP contribution in [-0.4, -0.2) is 49.8 Å². The molecule has 19 heavy (non-hydrogen) atoms. The van der Waals surface area contributed by atoms with E-state index in [0.717, 1.165) is 13.1 Å². The van der Waals surface area contributed by atoms with Crippen LogP contribution in [0.4, 0.5) is 0 Å². The van der Waals surface area contributed by atoms with Crippen LogP contribution in [0.15, 0.2) is 16.7 Å². The van der Waals surface area contributed by atoms with Gasteiger partial charge in [-0.15, -0.1) is 0 Å². The molecule has 6 heteroatoms. The van der Waals surface area contributed by atoms with E-state index in [1.165, 1.54) is 6.26 Å². The molecule has 0 aromatic carbocycles. The van der Waals surface area contributed by atoms with Gasteiger partial charge in [0.2, 0.25) is 0 Å². The molecular weight excluding hydrogens is 248 g/mol. The van der Waals surface area contributed by atoms with Gasteiger partial charge in [0.15, 0.2) is 0 Å². The number of nitrogens with two attached hydrogens (primary N) is 1. The van der Waals surface area contributed by atoms with Crippen molar-refractivity contribution in [2.45, 2.75) is 19.6 Å². The molecule has 1 aliphatic heterocycles. The number of carbonyl (C=O) groups is 1. The van der Waals surface area contributed by atoms with Gasteiger partial charge in [0, 0.05) is 19.6 Å². The zero-order chi connectivity index (χ0) is 13.7. The lowest BCUT2D eigenvalue weighted by molar-refractivity contribution is -0.0279. The number of morpholine rings is 1. The SMILES string of the molecule is CCOC(=O)c1ccoc1CN1CCOC(CN)C1. The first-order valence-corrected chi connectivity index (χ1v) is 6.52. The lowest BCUT2D eigenvalue weighted by atomic mass is 10.2. The molecule has 1 fully saturated rings. The van der Waals surface area contributed by atoms with Gasteiger partial charge in [-0.05, 0) is 13.0 Å². The van der Waals surface area contributed by atoms with Gasteiger partial charge < -0.3 is 19.6 Å². The van der Waals surface area contributed by atoms with E-state index in [4.69, 9.17) is 19.6 Å². The molecule has 0 bridgehead atoms. The molecule has 0 saturated carbocycles. The molecule has 1 aliphatic rings. The monoisotopic (exact) mass is 268 g/mol. The first kappa shape index (κ1) is 14.0. The van der Waals surface area contributed by atoms with E-state index in [-0.39, 0.29) is 12.1 Å². The zero-order valence-corrected chi connectivity index (χ0v) is 11.1. The minimum absolute atomic E-state index is 0.0507. The van der Waals surface area contributed by atoms with Crippen LogP contribution in [0.25, 0.3) is 0 Å². The van der Waals surface area contributed by atoms with Gasteiger partial charge in [-0.3, -0.25) is 4.90 Å². The quantitative estimate of drug-likeness (QED) is 0.789. The molecule has 1 saturated heterocycles. The number of ether oxygens (including phenoxy) is 2. The van der Waals surface area contributed by atoms with Crippen LogP contribution in [0.1, 0.15) is 23.0 Å². The molecule has 0 spiro atoms. The number of rotatable bonds is 5. The van der Waals surface area contributed by atoms with Crippen LogP contribution in [0.5, 0.6) is 0 Å². The molecule has 2 heterocycles. The largest absolute Gasteiger partial charge is 0.467 e. The minimum Gasteiger partial charge on any atom is -0.467 e. The van der Waals surface area contributed by atoms with Crippen molar-refractivity contribution < 1.29 is 18.7 Å². The van der Waals surface area contributed by atoms with Crippen molar-refractivity contribution in [1.82, 2.24) is 4.90 Å². The van der Waals surface area contributed by atoms with Crippen molar-refractivity contribution in [3.05, 3.63) is 23.7 Å². The van der Waals surface area contributed by atoms with E-state index in [1.807, 2.05) is 0 Å². The minimum atomic E-state index is -0.338. The van der Waals surface area contributed by atoms with Crippen molar-refractivity contribution in [3.63, 3.8) is 0 Å². The highest BCUT2D eigenvalue weighted by atomic mass is 16.5. The molecule has 106 valence electrons. The smallest absolute Gasteiger partial charge is 0.341 e. The maximum atomic E-state index is 11.7. The predicted octanol–water partition coefficient (Wildman–Crippen LogP) is 0.616. The number of hydrogen-bond donors (Lipinski definition) is 1. The highest BCUT2D eigenvalue weighted by Crippen LogP contribution is 2.16. The van der Waals surface area contributed by atoms with Gasteiger partial charge in [0.1, 0.15) is 11.3 Å². The Morgan fingerprint density at radius 1 is 1.63 bits per heavy atom. The lowest BCUT2D eigenvalue weighted by Crippen LogP contribution is -2.45. The average molecular weight is 268 g/mol. The molecular formula is C13H20N2O4. The van der Waals surface area contributed by atoms with Gasteiger partial charge in [0.25, 0.3) is 0 Å². The molecule has 2 N–H and O–H groups in total. The Morgan fingerprint density at radius 3 is 3.21 bits per heavy atom. The Bertz CT molecular complexity index is 419. The molecule has 1 atom stereocenters. The first-order valence-electron chi connectivity index (χ1n) is 6.52. The van der Waals surface area contributed by atoms with E-state index in [0.29, 0.717) is 37.6 Å². The van der Waals surface area contributed by atoms with Gasteiger partial charge in [0.05, 0.1) is 32.1 Å². The third kappa shape index (κ3) is 3.56. The average Bonchev–Trinajstić information content (AvgIpc) is 2.87. The van der Waals surface area contributed by atoms with Crippen LogP contribution in [0, 0.1) is 0 Å². The van der Waals surface area contributed by atoms with Crippen LogP contribution in [0.2, 0.25) is 0 Å². The second-order valence-electron chi connectivity index (χ2n) is 4.44. The maximum Gasteiger partial charge on any atom is 0.341 e. The van der Waals surface area contributed by atoms with Crippen molar-refractivity contribution >= 4 is 5.97 Å². The summed E-state index contributed by atoms with van der Waals surface area (Å²) in [6.45, 7) is 5.42. The number of furan rings is 1. The number of nitrogens with zero attached hydrogens (tertiary/aromatic N) is 1. The summed E-state index contributed by atoms with van der Waals surface area (Å²) in [4.78, 5) is 13.9. The predicted molar refractivity (Wildman–Crippen MR) is 68.7 cm³/mol. The summed E-state index contributed by atoms with van der Waals surface area (Å²) in [5.74, 6) is 0.297. The van der Waals surface area contributed by atoms with Gasteiger partial charge in [-0.1, -0.05) is 0 Å². The van der Waals surface area contributed by atoms with Crippen molar-refractivity contribution in [1.29, 1.82) is 0 Å². The molecule has 2 rings (SSSR count). The van der Waals surface area contributed by atoms with E-state index in [1.54, 1.807) is 13.0 Å². The summed E-state index contributed by atoms with van der Waals surface area (Å²) in [6.07, 6.45) is 1.57. The van der Waals surface area contributed by atoms with E-state index < -0.39 is 0 Å². The Hall–Kier alpha value is -1.37. The molecule has 1 aromatic rings. The summed E-state index contributed by atoms with van der Waals surface area (Å²) in [6, 6.07) is 1.65. The summed E-state index contributed by atoms with van der Waals surface area (Å²) < 4.78 is 15.9. The lowest BCUT2D eigenvalue weighted by Gasteiger charge is -2.31.